The maximum Gasteiger partial charge on any atom is 0.288 e. The zero-order chi connectivity index (χ0) is 18.5. The van der Waals surface area contributed by atoms with E-state index in [1.807, 2.05) is 12.1 Å². The van der Waals surface area contributed by atoms with Gasteiger partial charge in [-0.3, -0.25) is 10.1 Å². The van der Waals surface area contributed by atoms with Crippen LogP contribution in [0.1, 0.15) is 25.7 Å². The van der Waals surface area contributed by atoms with E-state index >= 15 is 0 Å². The molecular formula is C17H11F2N3OS3. The number of alkyl halides is 2. The number of anilines is 1. The molecule has 0 saturated carbocycles. The summed E-state index contributed by atoms with van der Waals surface area (Å²) in [5.74, 6) is -3.02. The monoisotopic (exact) mass is 407 g/mol. The van der Waals surface area contributed by atoms with Crippen LogP contribution in [0.15, 0.2) is 46.8 Å². The molecule has 4 nitrogen and oxygen atoms in total. The van der Waals surface area contributed by atoms with Gasteiger partial charge < -0.3 is 0 Å². The van der Waals surface area contributed by atoms with Crippen LogP contribution in [0.4, 0.5) is 13.9 Å². The van der Waals surface area contributed by atoms with Gasteiger partial charge >= 0.3 is 0 Å². The van der Waals surface area contributed by atoms with E-state index < -0.39 is 11.7 Å². The number of carbonyl (C=O) groups is 1. The Bertz CT molecular complexity index is 945. The number of nitrogens with zero attached hydrogens (tertiary/aromatic N) is 2. The lowest BCUT2D eigenvalue weighted by Gasteiger charge is -2.03. The Morgan fingerprint density at radius 3 is 2.77 bits per heavy atom. The third-order valence-corrected chi connectivity index (χ3v) is 6.01. The predicted octanol–water partition coefficient (Wildman–Crippen LogP) is 5.23. The first-order valence-electron chi connectivity index (χ1n) is 7.32. The van der Waals surface area contributed by atoms with Crippen molar-refractivity contribution in [1.82, 2.24) is 4.98 Å². The Balaban J connectivity index is 1.65. The number of aromatic nitrogens is 1. The number of benzene rings is 1. The number of thioether (sulfide) groups is 1. The molecule has 0 spiro atoms. The molecule has 0 aliphatic rings. The minimum absolute atomic E-state index is 0.249. The van der Waals surface area contributed by atoms with Crippen molar-refractivity contribution in [2.24, 2.45) is 0 Å². The van der Waals surface area contributed by atoms with Gasteiger partial charge in [0, 0.05) is 22.4 Å². The van der Waals surface area contributed by atoms with Crippen LogP contribution in [-0.2, 0) is 6.42 Å². The third kappa shape index (κ3) is 4.66. The number of thiophene rings is 1. The van der Waals surface area contributed by atoms with E-state index in [0.29, 0.717) is 28.9 Å². The maximum absolute atomic E-state index is 12.5. The maximum atomic E-state index is 12.5. The summed E-state index contributed by atoms with van der Waals surface area (Å²) in [6.07, 6.45) is 2.30. The molecule has 1 aromatic carbocycles. The molecule has 0 aliphatic carbocycles. The second-order valence-electron chi connectivity index (χ2n) is 5.06. The topological polar surface area (TPSA) is 65.8 Å². The van der Waals surface area contributed by atoms with E-state index in [1.54, 1.807) is 23.7 Å². The van der Waals surface area contributed by atoms with Crippen molar-refractivity contribution in [3.8, 4) is 6.07 Å². The number of hydrogen-bond acceptors (Lipinski definition) is 6. The molecule has 0 atom stereocenters. The molecule has 0 unspecified atom stereocenters. The van der Waals surface area contributed by atoms with Crippen molar-refractivity contribution in [2.45, 2.75) is 17.1 Å². The summed E-state index contributed by atoms with van der Waals surface area (Å²) in [5, 5.41) is 13.5. The molecule has 26 heavy (non-hydrogen) atoms. The second kappa shape index (κ2) is 8.40. The van der Waals surface area contributed by atoms with Crippen molar-refractivity contribution in [3.63, 3.8) is 0 Å². The first kappa shape index (κ1) is 18.5. The third-order valence-electron chi connectivity index (χ3n) is 3.29. The van der Waals surface area contributed by atoms with Crippen LogP contribution < -0.4 is 5.32 Å². The summed E-state index contributed by atoms with van der Waals surface area (Å²) >= 11 is 2.80. The molecular weight excluding hydrogens is 396 g/mol. The average molecular weight is 407 g/mol. The molecule has 9 heteroatoms. The van der Waals surface area contributed by atoms with Gasteiger partial charge in [0.1, 0.15) is 4.88 Å². The highest BCUT2D eigenvalue weighted by atomic mass is 32.2. The summed E-state index contributed by atoms with van der Waals surface area (Å²) in [4.78, 5) is 17.9. The fourth-order valence-electron chi connectivity index (χ4n) is 2.15. The number of hydrogen-bond donors (Lipinski definition) is 1. The molecule has 0 saturated heterocycles. The molecule has 3 aromatic rings. The van der Waals surface area contributed by atoms with Crippen LogP contribution in [-0.4, -0.2) is 16.6 Å². The lowest BCUT2D eigenvalue weighted by Crippen LogP contribution is -2.10. The standard InChI is InChI=1S/C17H11F2N3OS3/c18-16(19)26-13-5-6-24-14(13)15(23)22-17-21-9-12(25-17)7-10-1-3-11(8-20)4-2-10/h1-6,9,16H,7H2,(H,21,22,23). The van der Waals surface area contributed by atoms with E-state index in [1.165, 1.54) is 17.4 Å². The fraction of sp³-hybridized carbons (Fsp3) is 0.118. The lowest BCUT2D eigenvalue weighted by molar-refractivity contribution is 0.102. The number of halogens is 2. The van der Waals surface area contributed by atoms with Crippen LogP contribution in [0, 0.1) is 11.3 Å². The van der Waals surface area contributed by atoms with Crippen LogP contribution in [0.2, 0.25) is 0 Å². The number of nitriles is 1. The van der Waals surface area contributed by atoms with Gasteiger partial charge in [-0.2, -0.15) is 14.0 Å². The number of thiazole rings is 1. The molecule has 1 N–H and O–H groups in total. The SMILES string of the molecule is N#Cc1ccc(Cc2cnc(NC(=O)c3sccc3SC(F)F)s2)cc1. The van der Waals surface area contributed by atoms with Crippen LogP contribution in [0.25, 0.3) is 0 Å². The minimum atomic E-state index is -2.57. The summed E-state index contributed by atoms with van der Waals surface area (Å²) in [7, 11) is 0. The number of rotatable bonds is 6. The molecule has 132 valence electrons. The second-order valence-corrected chi connectivity index (χ2v) is 8.13. The molecule has 0 aliphatic heterocycles. The molecule has 1 amide bonds. The van der Waals surface area contributed by atoms with E-state index in [4.69, 9.17) is 5.26 Å². The predicted molar refractivity (Wildman–Crippen MR) is 100 cm³/mol. The zero-order valence-electron chi connectivity index (χ0n) is 13.1. The molecule has 0 fully saturated rings. The molecule has 2 aromatic heterocycles. The van der Waals surface area contributed by atoms with Crippen molar-refractivity contribution >= 4 is 45.5 Å². The van der Waals surface area contributed by atoms with Crippen molar-refractivity contribution < 1.29 is 13.6 Å². The number of nitrogens with one attached hydrogen (secondary N) is 1. The van der Waals surface area contributed by atoms with Gasteiger partial charge in [0.25, 0.3) is 11.7 Å². The van der Waals surface area contributed by atoms with Gasteiger partial charge in [0.05, 0.1) is 11.6 Å². The van der Waals surface area contributed by atoms with Gasteiger partial charge in [-0.05, 0) is 29.1 Å². The summed E-state index contributed by atoms with van der Waals surface area (Å²) in [6, 6.07) is 10.8. The average Bonchev–Trinajstić information content (AvgIpc) is 3.24. The smallest absolute Gasteiger partial charge is 0.288 e. The lowest BCUT2D eigenvalue weighted by atomic mass is 10.1. The molecule has 0 bridgehead atoms. The Morgan fingerprint density at radius 1 is 1.31 bits per heavy atom. The summed E-state index contributed by atoms with van der Waals surface area (Å²) in [5.41, 5.74) is 1.62. The molecule has 2 heterocycles. The number of amides is 1. The fourth-order valence-corrected chi connectivity index (χ4v) is 4.59. The van der Waals surface area contributed by atoms with Crippen LogP contribution in [0.3, 0.4) is 0 Å². The highest BCUT2D eigenvalue weighted by molar-refractivity contribution is 7.99. The van der Waals surface area contributed by atoms with Crippen LogP contribution in [0.5, 0.6) is 0 Å². The van der Waals surface area contributed by atoms with Crippen molar-refractivity contribution in [1.29, 1.82) is 5.26 Å². The van der Waals surface area contributed by atoms with Crippen molar-refractivity contribution in [3.05, 3.63) is 62.8 Å². The highest BCUT2D eigenvalue weighted by Crippen LogP contribution is 2.32. The Labute approximate surface area is 160 Å². The van der Waals surface area contributed by atoms with E-state index in [-0.39, 0.29) is 9.77 Å². The summed E-state index contributed by atoms with van der Waals surface area (Å²) in [6.45, 7) is 0. The van der Waals surface area contributed by atoms with E-state index in [2.05, 4.69) is 16.4 Å². The van der Waals surface area contributed by atoms with Gasteiger partial charge in [0.15, 0.2) is 5.13 Å². The largest absolute Gasteiger partial charge is 0.297 e. The van der Waals surface area contributed by atoms with Gasteiger partial charge in [0.2, 0.25) is 0 Å². The first-order valence-corrected chi connectivity index (χ1v) is 9.90. The first-order chi connectivity index (χ1) is 12.5. The normalized spacial score (nSPS) is 10.7. The summed E-state index contributed by atoms with van der Waals surface area (Å²) < 4.78 is 25.1. The van der Waals surface area contributed by atoms with Crippen LogP contribution >= 0.6 is 34.4 Å². The molecule has 3 rings (SSSR count). The Morgan fingerprint density at radius 2 is 2.08 bits per heavy atom. The Kier molecular flexibility index (Phi) is 5.98. The minimum Gasteiger partial charge on any atom is -0.297 e. The van der Waals surface area contributed by atoms with E-state index in [0.717, 1.165) is 21.8 Å². The van der Waals surface area contributed by atoms with Gasteiger partial charge in [-0.25, -0.2) is 4.98 Å². The van der Waals surface area contributed by atoms with Crippen molar-refractivity contribution in [2.75, 3.05) is 5.32 Å². The quantitative estimate of drug-likeness (QED) is 0.568. The Hall–Kier alpha value is -2.28. The zero-order valence-corrected chi connectivity index (χ0v) is 15.6. The number of carbonyl (C=O) groups excluding carboxylic acids is 1. The molecule has 0 radical (unpaired) electrons. The van der Waals surface area contributed by atoms with Gasteiger partial charge in [-0.1, -0.05) is 23.9 Å². The highest BCUT2D eigenvalue weighted by Gasteiger charge is 2.18. The van der Waals surface area contributed by atoms with E-state index in [9.17, 15) is 13.6 Å². The van der Waals surface area contributed by atoms with Gasteiger partial charge in [-0.15, -0.1) is 22.7 Å².